The fourth-order valence-corrected chi connectivity index (χ4v) is 1.22. The zero-order valence-electron chi connectivity index (χ0n) is 7.57. The maximum absolute atomic E-state index is 12.4. The maximum atomic E-state index is 12.4. The summed E-state index contributed by atoms with van der Waals surface area (Å²) in [4.78, 5) is 3.86. The minimum atomic E-state index is -4.33. The molecule has 0 aliphatic rings. The van der Waals surface area contributed by atoms with Gasteiger partial charge in [0.25, 0.3) is 0 Å². The molecule has 78 valence electrons. The number of alkyl halides is 3. The molecule has 0 spiro atoms. The normalized spacial score (nSPS) is 11.7. The van der Waals surface area contributed by atoms with E-state index in [-0.39, 0.29) is 5.82 Å². The van der Waals surface area contributed by atoms with Crippen molar-refractivity contribution in [2.75, 3.05) is 0 Å². The van der Waals surface area contributed by atoms with Crippen molar-refractivity contribution in [1.29, 1.82) is 0 Å². The topological polar surface area (TPSA) is 17.8 Å². The number of halogens is 3. The Bertz CT molecular complexity index is 446. The van der Waals surface area contributed by atoms with Gasteiger partial charge in [-0.25, -0.2) is 4.98 Å². The van der Waals surface area contributed by atoms with E-state index < -0.39 is 11.7 Å². The van der Waals surface area contributed by atoms with Crippen LogP contribution in [0.25, 0.3) is 5.82 Å². The smallest absolute Gasteiger partial charge is 0.309 e. The minimum Gasteiger partial charge on any atom is -0.309 e. The summed E-state index contributed by atoms with van der Waals surface area (Å²) in [6.07, 6.45) is 0.105. The van der Waals surface area contributed by atoms with Crippen LogP contribution in [0.15, 0.2) is 42.9 Å². The zero-order chi connectivity index (χ0) is 10.9. The van der Waals surface area contributed by atoms with Crippen LogP contribution >= 0.6 is 0 Å². The third-order valence-electron chi connectivity index (χ3n) is 1.94. The first-order chi connectivity index (χ1) is 7.07. The molecule has 0 unspecified atom stereocenters. The van der Waals surface area contributed by atoms with Gasteiger partial charge in [-0.1, -0.05) is 0 Å². The number of aromatic nitrogens is 2. The van der Waals surface area contributed by atoms with E-state index in [0.29, 0.717) is 0 Å². The molecule has 2 aromatic heterocycles. The van der Waals surface area contributed by atoms with Gasteiger partial charge >= 0.3 is 6.18 Å². The summed E-state index contributed by atoms with van der Waals surface area (Å²) in [5, 5.41) is 0. The highest BCUT2D eigenvalue weighted by Crippen LogP contribution is 2.29. The molecule has 0 amide bonds. The summed E-state index contributed by atoms with van der Waals surface area (Å²) >= 11 is 0. The van der Waals surface area contributed by atoms with E-state index in [9.17, 15) is 13.2 Å². The fraction of sp³-hybridized carbons (Fsp3) is 0.100. The van der Waals surface area contributed by atoms with Crippen LogP contribution in [0.4, 0.5) is 13.2 Å². The van der Waals surface area contributed by atoms with E-state index in [1.165, 1.54) is 4.57 Å². The van der Waals surface area contributed by atoms with Gasteiger partial charge in [0.15, 0.2) is 0 Å². The Kier molecular flexibility index (Phi) is 2.22. The third kappa shape index (κ3) is 2.01. The second kappa shape index (κ2) is 3.42. The van der Waals surface area contributed by atoms with Crippen molar-refractivity contribution in [3.8, 4) is 5.82 Å². The molecule has 0 fully saturated rings. The second-order valence-corrected chi connectivity index (χ2v) is 2.99. The summed E-state index contributed by atoms with van der Waals surface area (Å²) in [5.41, 5.74) is -0.693. The van der Waals surface area contributed by atoms with Gasteiger partial charge in [-0.15, -0.1) is 0 Å². The average molecular weight is 212 g/mol. The van der Waals surface area contributed by atoms with Crippen molar-refractivity contribution in [1.82, 2.24) is 9.55 Å². The van der Waals surface area contributed by atoms with Crippen molar-refractivity contribution >= 4 is 0 Å². The molecule has 0 N–H and O–H groups in total. The summed E-state index contributed by atoms with van der Waals surface area (Å²) in [5.74, 6) is 0.259. The van der Waals surface area contributed by atoms with Crippen LogP contribution in [-0.4, -0.2) is 9.55 Å². The van der Waals surface area contributed by atoms with Crippen LogP contribution in [0.2, 0.25) is 0 Å². The van der Waals surface area contributed by atoms with E-state index in [0.717, 1.165) is 18.3 Å². The molecule has 0 saturated carbocycles. The van der Waals surface area contributed by atoms with Crippen LogP contribution in [-0.2, 0) is 6.18 Å². The molecule has 0 saturated heterocycles. The van der Waals surface area contributed by atoms with E-state index in [2.05, 4.69) is 4.98 Å². The summed E-state index contributed by atoms with van der Waals surface area (Å²) in [6, 6.07) is 5.41. The van der Waals surface area contributed by atoms with Gasteiger partial charge < -0.3 is 4.57 Å². The number of rotatable bonds is 1. The van der Waals surface area contributed by atoms with Gasteiger partial charge in [-0.3, -0.25) is 0 Å². The average Bonchev–Trinajstić information content (AvgIpc) is 2.69. The molecule has 2 rings (SSSR count). The van der Waals surface area contributed by atoms with Crippen molar-refractivity contribution < 1.29 is 13.2 Å². The summed E-state index contributed by atoms with van der Waals surface area (Å²) in [6.45, 7) is 0. The molecule has 0 aliphatic heterocycles. The van der Waals surface area contributed by atoms with Crippen LogP contribution in [0.5, 0.6) is 0 Å². The summed E-state index contributed by atoms with van der Waals surface area (Å²) in [7, 11) is 0. The minimum absolute atomic E-state index is 0.259. The second-order valence-electron chi connectivity index (χ2n) is 2.99. The predicted molar refractivity (Wildman–Crippen MR) is 48.6 cm³/mol. The first-order valence-electron chi connectivity index (χ1n) is 4.24. The van der Waals surface area contributed by atoms with Crippen LogP contribution < -0.4 is 0 Å². The highest BCUT2D eigenvalue weighted by Gasteiger charge is 2.30. The van der Waals surface area contributed by atoms with Crippen LogP contribution in [0, 0.1) is 0 Å². The lowest BCUT2D eigenvalue weighted by atomic mass is 10.2. The molecule has 0 atom stereocenters. The highest BCUT2D eigenvalue weighted by atomic mass is 19.4. The Morgan fingerprint density at radius 2 is 1.80 bits per heavy atom. The lowest BCUT2D eigenvalue weighted by Gasteiger charge is -2.08. The van der Waals surface area contributed by atoms with Crippen LogP contribution in [0.3, 0.4) is 0 Å². The van der Waals surface area contributed by atoms with Gasteiger partial charge in [0.2, 0.25) is 0 Å². The van der Waals surface area contributed by atoms with Crippen molar-refractivity contribution in [3.05, 3.63) is 48.4 Å². The maximum Gasteiger partial charge on any atom is 0.416 e. The molecule has 2 nitrogen and oxygen atoms in total. The van der Waals surface area contributed by atoms with Gasteiger partial charge in [-0.2, -0.15) is 13.2 Å². The molecule has 2 heterocycles. The summed E-state index contributed by atoms with van der Waals surface area (Å²) < 4.78 is 38.6. The standard InChI is InChI=1S/C10H7F3N2/c11-10(12,13)8-3-4-14-9(7-8)15-5-1-2-6-15/h1-7H. The van der Waals surface area contributed by atoms with Crippen LogP contribution in [0.1, 0.15) is 5.56 Å². The van der Waals surface area contributed by atoms with E-state index in [4.69, 9.17) is 0 Å². The lowest BCUT2D eigenvalue weighted by Crippen LogP contribution is -2.06. The zero-order valence-corrected chi connectivity index (χ0v) is 7.57. The Balaban J connectivity index is 2.44. The van der Waals surface area contributed by atoms with Gasteiger partial charge in [-0.05, 0) is 24.3 Å². The van der Waals surface area contributed by atoms with Crippen molar-refractivity contribution in [3.63, 3.8) is 0 Å². The van der Waals surface area contributed by atoms with Gasteiger partial charge in [0, 0.05) is 18.6 Å². The first kappa shape index (κ1) is 9.76. The number of hydrogen-bond acceptors (Lipinski definition) is 1. The Morgan fingerprint density at radius 1 is 1.13 bits per heavy atom. The van der Waals surface area contributed by atoms with E-state index in [1.807, 2.05) is 0 Å². The molecule has 0 radical (unpaired) electrons. The third-order valence-corrected chi connectivity index (χ3v) is 1.94. The molecule has 5 heteroatoms. The predicted octanol–water partition coefficient (Wildman–Crippen LogP) is 2.89. The Hall–Kier alpha value is -1.78. The SMILES string of the molecule is FC(F)(F)c1ccnc(-n2cccc2)c1. The van der Waals surface area contributed by atoms with Gasteiger partial charge in [0.1, 0.15) is 5.82 Å². The highest BCUT2D eigenvalue weighted by molar-refractivity contribution is 5.30. The van der Waals surface area contributed by atoms with Crippen molar-refractivity contribution in [2.24, 2.45) is 0 Å². The van der Waals surface area contributed by atoms with E-state index in [1.54, 1.807) is 24.5 Å². The largest absolute Gasteiger partial charge is 0.416 e. The quantitative estimate of drug-likeness (QED) is 0.710. The Labute approximate surface area is 84.0 Å². The van der Waals surface area contributed by atoms with E-state index >= 15 is 0 Å². The molecule has 2 aromatic rings. The molecule has 0 aromatic carbocycles. The molecular weight excluding hydrogens is 205 g/mol. The Morgan fingerprint density at radius 3 is 2.40 bits per heavy atom. The molecule has 15 heavy (non-hydrogen) atoms. The fourth-order valence-electron chi connectivity index (χ4n) is 1.22. The van der Waals surface area contributed by atoms with Gasteiger partial charge in [0.05, 0.1) is 5.56 Å². The first-order valence-corrected chi connectivity index (χ1v) is 4.24. The molecular formula is C10H7F3N2. The lowest BCUT2D eigenvalue weighted by molar-refractivity contribution is -0.137. The monoisotopic (exact) mass is 212 g/mol. The molecule has 0 aliphatic carbocycles. The number of hydrogen-bond donors (Lipinski definition) is 0. The number of pyridine rings is 1. The molecule has 0 bridgehead atoms. The van der Waals surface area contributed by atoms with Crippen molar-refractivity contribution in [2.45, 2.75) is 6.18 Å². The number of nitrogens with zero attached hydrogens (tertiary/aromatic N) is 2.